The third kappa shape index (κ3) is 8.72. The Labute approximate surface area is 326 Å². The van der Waals surface area contributed by atoms with E-state index < -0.39 is 12.0 Å². The average molecular weight is 749 g/mol. The summed E-state index contributed by atoms with van der Waals surface area (Å²) in [6, 6.07) is 36.2. The third-order valence-electron chi connectivity index (χ3n) is 10.2. The molecule has 1 saturated heterocycles. The number of ether oxygens (including phenoxy) is 4. The maximum Gasteiger partial charge on any atom is 0.407 e. The van der Waals surface area contributed by atoms with Crippen molar-refractivity contribution in [3.05, 3.63) is 133 Å². The zero-order valence-corrected chi connectivity index (χ0v) is 31.1. The van der Waals surface area contributed by atoms with Gasteiger partial charge in [0.1, 0.15) is 18.9 Å². The molecule has 2 amide bonds. The van der Waals surface area contributed by atoms with Crippen molar-refractivity contribution in [1.29, 1.82) is 0 Å². The van der Waals surface area contributed by atoms with Gasteiger partial charge < -0.3 is 29.6 Å². The molecule has 1 aliphatic carbocycles. The number of rotatable bonds is 14. The molecule has 1 fully saturated rings. The number of carbonyl (C=O) groups excluding carboxylic acids is 2. The highest BCUT2D eigenvalue weighted by Gasteiger charge is 2.29. The van der Waals surface area contributed by atoms with Crippen LogP contribution in [0, 0.1) is 0 Å². The molecular weight excluding hydrogens is 705 g/mol. The first-order chi connectivity index (χ1) is 27.6. The molecule has 3 heterocycles. The molecule has 0 spiro atoms. The van der Waals surface area contributed by atoms with Crippen molar-refractivity contribution >= 4 is 28.6 Å². The van der Waals surface area contributed by atoms with Crippen LogP contribution >= 0.6 is 0 Å². The monoisotopic (exact) mass is 748 g/mol. The predicted molar refractivity (Wildman–Crippen MR) is 216 cm³/mol. The molecule has 0 saturated carbocycles. The first-order valence-electron chi connectivity index (χ1n) is 19.3. The first-order valence-corrected chi connectivity index (χ1v) is 19.3. The summed E-state index contributed by atoms with van der Waals surface area (Å²) in [4.78, 5) is 35.0. The van der Waals surface area contributed by atoms with Crippen molar-refractivity contribution in [3.63, 3.8) is 0 Å². The van der Waals surface area contributed by atoms with E-state index in [-0.39, 0.29) is 25.4 Å². The molecule has 0 radical (unpaired) electrons. The van der Waals surface area contributed by atoms with E-state index in [1.807, 2.05) is 60.7 Å². The van der Waals surface area contributed by atoms with Gasteiger partial charge in [0.2, 0.25) is 5.91 Å². The van der Waals surface area contributed by atoms with Gasteiger partial charge in [0.15, 0.2) is 6.29 Å². The van der Waals surface area contributed by atoms with Gasteiger partial charge in [-0.1, -0.05) is 84.9 Å². The summed E-state index contributed by atoms with van der Waals surface area (Å²) in [5.41, 5.74) is 9.47. The molecular formula is C46H44N4O6. The Bertz CT molecular complexity index is 2240. The van der Waals surface area contributed by atoms with Crippen LogP contribution in [0.2, 0.25) is 0 Å². The summed E-state index contributed by atoms with van der Waals surface area (Å²) < 4.78 is 23.0. The Morgan fingerprint density at radius 1 is 0.786 bits per heavy atom. The standard InChI is InChI=1S/C46H44N4O6/c51-44(29-48-46(52)56-30-40-37-11-3-1-9-35(37)36-10-2-4-12-38(36)40)50-43-27-42(49-41-22-23-47-28-39(41)43)33-16-14-31(15-17-33)32-18-20-34(21-19-32)53-24-7-8-26-55-45-13-5-6-25-54-45/h1-4,9-12,14-23,27-28,40,45H,5-8,13,24-26,29-30H2,(H,48,52)(H,49,50,51). The molecule has 56 heavy (non-hydrogen) atoms. The van der Waals surface area contributed by atoms with Crippen molar-refractivity contribution in [2.75, 3.05) is 38.3 Å². The number of aromatic nitrogens is 2. The van der Waals surface area contributed by atoms with Gasteiger partial charge in [-0.25, -0.2) is 9.78 Å². The van der Waals surface area contributed by atoms with Crippen LogP contribution in [0.1, 0.15) is 49.1 Å². The molecule has 10 nitrogen and oxygen atoms in total. The van der Waals surface area contributed by atoms with E-state index in [0.29, 0.717) is 35.5 Å². The number of pyridine rings is 2. The quantitative estimate of drug-likeness (QED) is 0.106. The number of nitrogens with one attached hydrogen (secondary N) is 2. The summed E-state index contributed by atoms with van der Waals surface area (Å²) in [6.07, 6.45) is 7.76. The number of carbonyl (C=O) groups is 2. The molecule has 8 rings (SSSR count). The van der Waals surface area contributed by atoms with Gasteiger partial charge in [0.05, 0.1) is 23.5 Å². The minimum Gasteiger partial charge on any atom is -0.494 e. The molecule has 284 valence electrons. The Kier molecular flexibility index (Phi) is 11.6. The maximum absolute atomic E-state index is 13.1. The number of hydrogen-bond donors (Lipinski definition) is 2. The maximum atomic E-state index is 13.1. The molecule has 4 aromatic carbocycles. The minimum absolute atomic E-state index is 0.0434. The number of anilines is 1. The number of nitrogens with zero attached hydrogens (tertiary/aromatic N) is 2. The molecule has 1 atom stereocenters. The predicted octanol–water partition coefficient (Wildman–Crippen LogP) is 9.14. The molecule has 1 aliphatic heterocycles. The Balaban J connectivity index is 0.844. The lowest BCUT2D eigenvalue weighted by Crippen LogP contribution is -2.34. The fourth-order valence-electron chi connectivity index (χ4n) is 7.34. The molecule has 2 aliphatic rings. The van der Waals surface area contributed by atoms with Crippen LogP contribution in [0.3, 0.4) is 0 Å². The van der Waals surface area contributed by atoms with Crippen LogP contribution in [0.15, 0.2) is 122 Å². The van der Waals surface area contributed by atoms with Crippen molar-refractivity contribution in [2.24, 2.45) is 0 Å². The number of fused-ring (bicyclic) bond motifs is 4. The number of unbranched alkanes of at least 4 members (excludes halogenated alkanes) is 1. The summed E-state index contributed by atoms with van der Waals surface area (Å²) in [7, 11) is 0. The average Bonchev–Trinajstić information content (AvgIpc) is 3.57. The third-order valence-corrected chi connectivity index (χ3v) is 10.2. The van der Waals surface area contributed by atoms with Gasteiger partial charge in [-0.2, -0.15) is 0 Å². The van der Waals surface area contributed by atoms with Gasteiger partial charge in [-0.3, -0.25) is 9.78 Å². The highest BCUT2D eigenvalue weighted by Crippen LogP contribution is 2.44. The lowest BCUT2D eigenvalue weighted by Gasteiger charge is -2.22. The topological polar surface area (TPSA) is 121 Å². The number of benzene rings is 4. The van der Waals surface area contributed by atoms with E-state index >= 15 is 0 Å². The molecule has 1 unspecified atom stereocenters. The zero-order chi connectivity index (χ0) is 38.1. The summed E-state index contributed by atoms with van der Waals surface area (Å²) >= 11 is 0. The molecule has 2 N–H and O–H groups in total. The van der Waals surface area contributed by atoms with E-state index in [2.05, 4.69) is 64.1 Å². The Hall–Kier alpha value is -6.10. The summed E-state index contributed by atoms with van der Waals surface area (Å²) in [5.74, 6) is 0.362. The SMILES string of the molecule is O=C(CNC(=O)OCC1c2ccccc2-c2ccccc21)Nc1cc(-c2ccc(-c3ccc(OCCCCOC4CCCCO4)cc3)cc2)nc2ccncc12. The zero-order valence-electron chi connectivity index (χ0n) is 31.1. The second-order valence-corrected chi connectivity index (χ2v) is 14.0. The Morgan fingerprint density at radius 2 is 1.48 bits per heavy atom. The first kappa shape index (κ1) is 36.9. The molecule has 6 aromatic rings. The normalized spacial score (nSPS) is 14.8. The van der Waals surface area contributed by atoms with E-state index in [0.717, 1.165) is 77.0 Å². The van der Waals surface area contributed by atoms with Crippen molar-refractivity contribution in [2.45, 2.75) is 44.3 Å². The number of hydrogen-bond acceptors (Lipinski definition) is 8. The van der Waals surface area contributed by atoms with Crippen LogP contribution in [0.4, 0.5) is 10.5 Å². The van der Waals surface area contributed by atoms with Gasteiger partial charge in [-0.15, -0.1) is 0 Å². The highest BCUT2D eigenvalue weighted by atomic mass is 16.7. The van der Waals surface area contributed by atoms with Crippen molar-refractivity contribution in [3.8, 4) is 39.3 Å². The van der Waals surface area contributed by atoms with Crippen LogP contribution in [-0.2, 0) is 19.0 Å². The smallest absolute Gasteiger partial charge is 0.407 e. The largest absolute Gasteiger partial charge is 0.494 e. The van der Waals surface area contributed by atoms with Crippen LogP contribution in [0.25, 0.3) is 44.4 Å². The second kappa shape index (κ2) is 17.6. The minimum atomic E-state index is -0.659. The molecule has 2 aromatic heterocycles. The highest BCUT2D eigenvalue weighted by molar-refractivity contribution is 6.03. The lowest BCUT2D eigenvalue weighted by molar-refractivity contribution is -0.162. The van der Waals surface area contributed by atoms with Crippen molar-refractivity contribution < 1.29 is 28.5 Å². The lowest BCUT2D eigenvalue weighted by atomic mass is 9.98. The molecule has 10 heteroatoms. The molecule has 0 bridgehead atoms. The van der Waals surface area contributed by atoms with E-state index in [9.17, 15) is 9.59 Å². The van der Waals surface area contributed by atoms with Gasteiger partial charge in [0, 0.05) is 42.5 Å². The van der Waals surface area contributed by atoms with Crippen molar-refractivity contribution in [1.82, 2.24) is 15.3 Å². The van der Waals surface area contributed by atoms with Gasteiger partial charge in [-0.05, 0) is 89.8 Å². The van der Waals surface area contributed by atoms with E-state index in [4.69, 9.17) is 23.9 Å². The van der Waals surface area contributed by atoms with Crippen LogP contribution in [0.5, 0.6) is 5.75 Å². The number of amides is 2. The number of alkyl carbamates (subject to hydrolysis) is 1. The van der Waals surface area contributed by atoms with E-state index in [1.165, 1.54) is 6.42 Å². The summed E-state index contributed by atoms with van der Waals surface area (Å²) in [6.45, 7) is 2.02. The fourth-order valence-corrected chi connectivity index (χ4v) is 7.34. The van der Waals surface area contributed by atoms with Gasteiger partial charge in [0.25, 0.3) is 0 Å². The van der Waals surface area contributed by atoms with Crippen LogP contribution in [-0.4, -0.2) is 61.2 Å². The second-order valence-electron chi connectivity index (χ2n) is 14.0. The van der Waals surface area contributed by atoms with E-state index in [1.54, 1.807) is 12.4 Å². The summed E-state index contributed by atoms with van der Waals surface area (Å²) in [5, 5.41) is 6.23. The van der Waals surface area contributed by atoms with Gasteiger partial charge >= 0.3 is 6.09 Å². The van der Waals surface area contributed by atoms with Crippen LogP contribution < -0.4 is 15.4 Å². The Morgan fingerprint density at radius 3 is 2.21 bits per heavy atom. The fraction of sp³-hybridized carbons (Fsp3) is 0.261.